The molecule has 2 aromatic heterocycles. The van der Waals surface area contributed by atoms with Crippen LogP contribution in [0.1, 0.15) is 40.7 Å². The van der Waals surface area contributed by atoms with Gasteiger partial charge < -0.3 is 14.8 Å². The van der Waals surface area contributed by atoms with Crippen molar-refractivity contribution in [3.8, 4) is 11.5 Å². The van der Waals surface area contributed by atoms with E-state index in [1.54, 1.807) is 4.57 Å². The van der Waals surface area contributed by atoms with Crippen molar-refractivity contribution in [2.24, 2.45) is 0 Å². The predicted octanol–water partition coefficient (Wildman–Crippen LogP) is 4.02. The Morgan fingerprint density at radius 2 is 1.76 bits per heavy atom. The highest BCUT2D eigenvalue weighted by Gasteiger charge is 2.17. The van der Waals surface area contributed by atoms with E-state index in [2.05, 4.69) is 24.4 Å². The van der Waals surface area contributed by atoms with Crippen LogP contribution >= 0.6 is 11.3 Å². The number of benzene rings is 2. The number of carbonyl (C=O) groups excluding carboxylic acids is 1. The second-order valence-corrected chi connectivity index (χ2v) is 10.3. The summed E-state index contributed by atoms with van der Waals surface area (Å²) in [7, 11) is 0. The summed E-state index contributed by atoms with van der Waals surface area (Å²) in [5, 5.41) is 4.73. The third-order valence-electron chi connectivity index (χ3n) is 6.71. The minimum atomic E-state index is -0.351. The number of hydrogen-bond donors (Lipinski definition) is 1. The fourth-order valence-corrected chi connectivity index (χ4v) is 5.68. The van der Waals surface area contributed by atoms with E-state index in [1.165, 1.54) is 21.5 Å². The van der Waals surface area contributed by atoms with Gasteiger partial charge in [0.15, 0.2) is 11.5 Å². The Balaban J connectivity index is 1.29. The standard InChI is InChI=1S/C28H29N3O5S/c1-17-11-18(2)21(19(3)12-17)15-31-22-8-10-37-26(22)27(33)30(28(31)34)9-4-5-25(32)29-14-20-6-7-23-24(13-20)36-16-35-23/h6-8,10-13H,4-5,9,14-16H2,1-3H3,(H,29,32). The molecule has 0 bridgehead atoms. The molecular weight excluding hydrogens is 490 g/mol. The summed E-state index contributed by atoms with van der Waals surface area (Å²) in [4.78, 5) is 39.0. The van der Waals surface area contributed by atoms with E-state index < -0.39 is 0 Å². The van der Waals surface area contributed by atoms with Crippen LogP contribution in [0.25, 0.3) is 10.2 Å². The molecule has 1 aliphatic rings. The van der Waals surface area contributed by atoms with E-state index in [0.717, 1.165) is 22.3 Å². The Hall–Kier alpha value is -3.85. The van der Waals surface area contributed by atoms with Crippen LogP contribution in [0.2, 0.25) is 0 Å². The molecule has 3 heterocycles. The normalized spacial score (nSPS) is 12.3. The first kappa shape index (κ1) is 24.8. The van der Waals surface area contributed by atoms with Crippen molar-refractivity contribution in [1.82, 2.24) is 14.5 Å². The molecule has 2 aromatic carbocycles. The first-order valence-corrected chi connectivity index (χ1v) is 13.1. The summed E-state index contributed by atoms with van der Waals surface area (Å²) in [6, 6.07) is 11.6. The van der Waals surface area contributed by atoms with Gasteiger partial charge in [-0.15, -0.1) is 11.3 Å². The topological polar surface area (TPSA) is 91.6 Å². The number of carbonyl (C=O) groups is 1. The van der Waals surface area contributed by atoms with Crippen LogP contribution < -0.4 is 26.0 Å². The van der Waals surface area contributed by atoms with E-state index in [-0.39, 0.29) is 36.9 Å². The molecule has 8 nitrogen and oxygen atoms in total. The lowest BCUT2D eigenvalue weighted by Crippen LogP contribution is -2.40. The SMILES string of the molecule is Cc1cc(C)c(Cn2c(=O)n(CCCC(=O)NCc3ccc4c(c3)OCO4)c(=O)c3sccc32)c(C)c1. The molecular formula is C28H29N3O5S. The smallest absolute Gasteiger partial charge is 0.331 e. The van der Waals surface area contributed by atoms with Crippen molar-refractivity contribution in [1.29, 1.82) is 0 Å². The van der Waals surface area contributed by atoms with Crippen LogP contribution in [0, 0.1) is 20.8 Å². The zero-order chi connectivity index (χ0) is 26.1. The zero-order valence-corrected chi connectivity index (χ0v) is 21.9. The lowest BCUT2D eigenvalue weighted by Gasteiger charge is -2.16. The summed E-state index contributed by atoms with van der Waals surface area (Å²) in [5.74, 6) is 1.22. The minimum Gasteiger partial charge on any atom is -0.454 e. The molecule has 1 aliphatic heterocycles. The lowest BCUT2D eigenvalue weighted by atomic mass is 10.00. The Labute approximate surface area is 218 Å². The highest BCUT2D eigenvalue weighted by molar-refractivity contribution is 7.17. The van der Waals surface area contributed by atoms with Crippen molar-refractivity contribution in [3.05, 3.63) is 90.4 Å². The first-order valence-electron chi connectivity index (χ1n) is 12.2. The third-order valence-corrected chi connectivity index (χ3v) is 7.60. The maximum absolute atomic E-state index is 13.5. The first-order chi connectivity index (χ1) is 17.8. The van der Waals surface area contributed by atoms with Crippen molar-refractivity contribution >= 4 is 27.5 Å². The molecule has 9 heteroatoms. The van der Waals surface area contributed by atoms with Gasteiger partial charge in [0.25, 0.3) is 5.56 Å². The molecule has 0 radical (unpaired) electrons. The van der Waals surface area contributed by atoms with Crippen molar-refractivity contribution in [2.75, 3.05) is 6.79 Å². The number of hydrogen-bond acceptors (Lipinski definition) is 6. The average Bonchev–Trinajstić information content (AvgIpc) is 3.53. The highest BCUT2D eigenvalue weighted by Crippen LogP contribution is 2.32. The van der Waals surface area contributed by atoms with Crippen LogP contribution in [-0.2, 0) is 24.4 Å². The van der Waals surface area contributed by atoms with Crippen LogP contribution in [0.3, 0.4) is 0 Å². The van der Waals surface area contributed by atoms with E-state index in [1.807, 2.05) is 43.5 Å². The summed E-state index contributed by atoms with van der Waals surface area (Å²) >= 11 is 1.33. The number of fused-ring (bicyclic) bond motifs is 2. The summed E-state index contributed by atoms with van der Waals surface area (Å²) in [6.07, 6.45) is 0.580. The summed E-state index contributed by atoms with van der Waals surface area (Å²) in [6.45, 7) is 7.27. The maximum Gasteiger partial charge on any atom is 0.331 e. The predicted molar refractivity (Wildman–Crippen MR) is 144 cm³/mol. The van der Waals surface area contributed by atoms with Crippen molar-refractivity contribution in [3.63, 3.8) is 0 Å². The molecule has 0 atom stereocenters. The number of rotatable bonds is 8. The van der Waals surface area contributed by atoms with Crippen molar-refractivity contribution < 1.29 is 14.3 Å². The second-order valence-electron chi connectivity index (χ2n) is 9.41. The molecule has 1 amide bonds. The molecule has 0 fully saturated rings. The number of thiophene rings is 1. The van der Waals surface area contributed by atoms with Gasteiger partial charge in [0.05, 0.1) is 12.1 Å². The van der Waals surface area contributed by atoms with Gasteiger partial charge in [-0.1, -0.05) is 23.8 Å². The maximum atomic E-state index is 13.5. The minimum absolute atomic E-state index is 0.144. The van der Waals surface area contributed by atoms with Crippen molar-refractivity contribution in [2.45, 2.75) is 53.2 Å². The molecule has 37 heavy (non-hydrogen) atoms. The number of amides is 1. The van der Waals surface area contributed by atoms with Gasteiger partial charge in [-0.05, 0) is 73.0 Å². The van der Waals surface area contributed by atoms with Gasteiger partial charge in [-0.25, -0.2) is 4.79 Å². The Bertz CT molecular complexity index is 1590. The highest BCUT2D eigenvalue weighted by atomic mass is 32.1. The largest absolute Gasteiger partial charge is 0.454 e. The van der Waals surface area contributed by atoms with Crippen LogP contribution in [0.15, 0.2) is 51.4 Å². The quantitative estimate of drug-likeness (QED) is 0.380. The number of aryl methyl sites for hydroxylation is 3. The van der Waals surface area contributed by atoms with E-state index in [9.17, 15) is 14.4 Å². The molecule has 5 rings (SSSR count). The Kier molecular flexibility index (Phi) is 6.88. The molecule has 0 saturated heterocycles. The average molecular weight is 520 g/mol. The van der Waals surface area contributed by atoms with Gasteiger partial charge in [0.2, 0.25) is 12.7 Å². The fraction of sp³-hybridized carbons (Fsp3) is 0.321. The van der Waals surface area contributed by atoms with Crippen LogP contribution in [0.4, 0.5) is 0 Å². The number of aromatic nitrogens is 2. The molecule has 0 saturated carbocycles. The lowest BCUT2D eigenvalue weighted by molar-refractivity contribution is -0.121. The van der Waals surface area contributed by atoms with Gasteiger partial charge in [0, 0.05) is 19.5 Å². The molecule has 0 spiro atoms. The number of nitrogens with one attached hydrogen (secondary N) is 1. The molecule has 0 aliphatic carbocycles. The monoisotopic (exact) mass is 519 g/mol. The van der Waals surface area contributed by atoms with E-state index in [4.69, 9.17) is 9.47 Å². The zero-order valence-electron chi connectivity index (χ0n) is 21.1. The van der Waals surface area contributed by atoms with Gasteiger partial charge in [-0.3, -0.25) is 18.7 Å². The Morgan fingerprint density at radius 3 is 2.54 bits per heavy atom. The van der Waals surface area contributed by atoms with Gasteiger partial charge >= 0.3 is 5.69 Å². The number of nitrogens with zero attached hydrogens (tertiary/aromatic N) is 2. The summed E-state index contributed by atoms with van der Waals surface area (Å²) in [5.41, 5.74) is 5.38. The second kappa shape index (κ2) is 10.3. The van der Waals surface area contributed by atoms with Gasteiger partial charge in [0.1, 0.15) is 4.70 Å². The molecule has 4 aromatic rings. The summed E-state index contributed by atoms with van der Waals surface area (Å²) < 4.78 is 14.2. The van der Waals surface area contributed by atoms with Crippen LogP contribution in [0.5, 0.6) is 11.5 Å². The fourth-order valence-electron chi connectivity index (χ4n) is 4.84. The van der Waals surface area contributed by atoms with E-state index >= 15 is 0 Å². The molecule has 1 N–H and O–H groups in total. The number of ether oxygens (including phenoxy) is 2. The van der Waals surface area contributed by atoms with E-state index in [0.29, 0.717) is 41.2 Å². The van der Waals surface area contributed by atoms with Gasteiger partial charge in [-0.2, -0.15) is 0 Å². The Morgan fingerprint density at radius 1 is 1.00 bits per heavy atom. The van der Waals surface area contributed by atoms with Crippen LogP contribution in [-0.4, -0.2) is 21.8 Å². The third kappa shape index (κ3) is 5.04. The molecule has 0 unspecified atom stereocenters. The molecule has 192 valence electrons.